The van der Waals surface area contributed by atoms with Crippen molar-refractivity contribution >= 4 is 40.9 Å². The average molecular weight is 517 g/mol. The smallest absolute Gasteiger partial charge is 0.410 e. The Bertz CT molecular complexity index is 1250. The number of rotatable bonds is 5. The van der Waals surface area contributed by atoms with Crippen molar-refractivity contribution in [3.8, 4) is 5.75 Å². The lowest BCUT2D eigenvalue weighted by molar-refractivity contribution is 0.0224. The molecule has 0 unspecified atom stereocenters. The van der Waals surface area contributed by atoms with Gasteiger partial charge in [-0.15, -0.1) is 0 Å². The summed E-state index contributed by atoms with van der Waals surface area (Å²) in [5.41, 5.74) is 2.57. The molecule has 8 nitrogen and oxygen atoms in total. The highest BCUT2D eigenvalue weighted by Gasteiger charge is 2.26. The number of anilines is 1. The summed E-state index contributed by atoms with van der Waals surface area (Å²) in [4.78, 5) is 26.9. The van der Waals surface area contributed by atoms with Gasteiger partial charge in [0.05, 0.1) is 23.1 Å². The van der Waals surface area contributed by atoms with Gasteiger partial charge in [0.2, 0.25) is 0 Å². The number of nitrogens with zero attached hydrogens (tertiary/aromatic N) is 3. The number of nitrogens with one attached hydrogen (secondary N) is 1. The standard InChI is InChI=1S/C25H26Cl2N4O4/c1-25(2,3)35-24(33)30-9-8-16-10-17(4-5-18(16)13-30)23(32)29-20-12-28-31(14-20)15-34-22-11-19(26)6-7-21(22)27/h4-7,10-12,14H,8-9,13,15H2,1-3H3,(H,29,32). The molecule has 1 aliphatic heterocycles. The summed E-state index contributed by atoms with van der Waals surface area (Å²) in [6.07, 6.45) is 3.52. The number of benzene rings is 2. The van der Waals surface area contributed by atoms with E-state index >= 15 is 0 Å². The van der Waals surface area contributed by atoms with E-state index in [1.807, 2.05) is 32.9 Å². The van der Waals surface area contributed by atoms with Crippen molar-refractivity contribution in [3.05, 3.63) is 75.5 Å². The van der Waals surface area contributed by atoms with Crippen molar-refractivity contribution in [2.24, 2.45) is 0 Å². The van der Waals surface area contributed by atoms with Crippen molar-refractivity contribution in [1.29, 1.82) is 0 Å². The van der Waals surface area contributed by atoms with Gasteiger partial charge in [-0.25, -0.2) is 9.48 Å². The third-order valence-corrected chi connectivity index (χ3v) is 5.82. The van der Waals surface area contributed by atoms with Crippen molar-refractivity contribution in [2.45, 2.75) is 46.1 Å². The molecular formula is C25H26Cl2N4O4. The van der Waals surface area contributed by atoms with Crippen LogP contribution in [0.3, 0.4) is 0 Å². The van der Waals surface area contributed by atoms with E-state index in [1.54, 1.807) is 35.4 Å². The molecule has 0 fully saturated rings. The minimum absolute atomic E-state index is 0.100. The van der Waals surface area contributed by atoms with Gasteiger partial charge >= 0.3 is 6.09 Å². The van der Waals surface area contributed by atoms with Crippen LogP contribution in [-0.4, -0.2) is 38.8 Å². The van der Waals surface area contributed by atoms with E-state index in [-0.39, 0.29) is 18.7 Å². The van der Waals surface area contributed by atoms with Crippen LogP contribution in [-0.2, 0) is 24.4 Å². The number of ether oxygens (including phenoxy) is 2. The fourth-order valence-electron chi connectivity index (χ4n) is 3.60. The highest BCUT2D eigenvalue weighted by molar-refractivity contribution is 6.34. The minimum atomic E-state index is -0.540. The summed E-state index contributed by atoms with van der Waals surface area (Å²) in [6.45, 7) is 6.63. The Hall–Kier alpha value is -3.23. The van der Waals surface area contributed by atoms with E-state index in [4.69, 9.17) is 32.7 Å². The van der Waals surface area contributed by atoms with E-state index in [2.05, 4.69) is 10.4 Å². The predicted octanol–water partition coefficient (Wildman–Crippen LogP) is 5.77. The number of carbonyl (C=O) groups excluding carboxylic acids is 2. The molecule has 2 heterocycles. The van der Waals surface area contributed by atoms with Crippen LogP contribution in [0.5, 0.6) is 5.75 Å². The topological polar surface area (TPSA) is 85.7 Å². The average Bonchev–Trinajstić information content (AvgIpc) is 3.25. The van der Waals surface area contributed by atoms with E-state index in [9.17, 15) is 9.59 Å². The monoisotopic (exact) mass is 516 g/mol. The molecule has 1 N–H and O–H groups in total. The number of halogens is 2. The van der Waals surface area contributed by atoms with E-state index < -0.39 is 5.60 Å². The lowest BCUT2D eigenvalue weighted by Crippen LogP contribution is -2.39. The summed E-state index contributed by atoms with van der Waals surface area (Å²) in [5, 5.41) is 8.00. The summed E-state index contributed by atoms with van der Waals surface area (Å²) in [7, 11) is 0. The maximum absolute atomic E-state index is 12.8. The largest absolute Gasteiger partial charge is 0.470 e. The Balaban J connectivity index is 1.35. The highest BCUT2D eigenvalue weighted by Crippen LogP contribution is 2.28. The van der Waals surface area contributed by atoms with Gasteiger partial charge < -0.3 is 19.7 Å². The third-order valence-electron chi connectivity index (χ3n) is 5.27. The molecule has 2 amide bonds. The van der Waals surface area contributed by atoms with Crippen molar-refractivity contribution in [2.75, 3.05) is 11.9 Å². The van der Waals surface area contributed by atoms with Gasteiger partial charge in [0.1, 0.15) is 11.4 Å². The van der Waals surface area contributed by atoms with E-state index in [1.165, 1.54) is 10.9 Å². The molecule has 0 radical (unpaired) electrons. The number of hydrogen-bond donors (Lipinski definition) is 1. The zero-order valence-corrected chi connectivity index (χ0v) is 21.2. The lowest BCUT2D eigenvalue weighted by Gasteiger charge is -2.31. The number of hydrogen-bond acceptors (Lipinski definition) is 5. The van der Waals surface area contributed by atoms with Gasteiger partial charge in [0.15, 0.2) is 6.73 Å². The van der Waals surface area contributed by atoms with Gasteiger partial charge in [-0.3, -0.25) is 4.79 Å². The fraction of sp³-hybridized carbons (Fsp3) is 0.320. The van der Waals surface area contributed by atoms with Crippen LogP contribution >= 0.6 is 23.2 Å². The van der Waals surface area contributed by atoms with Crippen molar-refractivity contribution in [1.82, 2.24) is 14.7 Å². The number of amides is 2. The third kappa shape index (κ3) is 6.46. The second kappa shape index (κ2) is 10.2. The van der Waals surface area contributed by atoms with Crippen LogP contribution in [0.2, 0.25) is 10.0 Å². The van der Waals surface area contributed by atoms with Crippen molar-refractivity contribution in [3.63, 3.8) is 0 Å². The normalized spacial score (nSPS) is 13.2. The summed E-state index contributed by atoms with van der Waals surface area (Å²) >= 11 is 12.1. The Morgan fingerprint density at radius 2 is 1.91 bits per heavy atom. The molecule has 0 bridgehead atoms. The molecule has 4 rings (SSSR count). The van der Waals surface area contributed by atoms with Crippen LogP contribution in [0.4, 0.5) is 10.5 Å². The molecule has 35 heavy (non-hydrogen) atoms. The molecule has 1 aliphatic rings. The van der Waals surface area contributed by atoms with Gasteiger partial charge in [-0.1, -0.05) is 29.3 Å². The molecule has 0 aliphatic carbocycles. The SMILES string of the molecule is CC(C)(C)OC(=O)N1CCc2cc(C(=O)Nc3cnn(COc4cc(Cl)ccc4Cl)c3)ccc2C1. The zero-order valence-electron chi connectivity index (χ0n) is 19.7. The predicted molar refractivity (Wildman–Crippen MR) is 134 cm³/mol. The summed E-state index contributed by atoms with van der Waals surface area (Å²) in [6, 6.07) is 10.5. The molecule has 10 heteroatoms. The highest BCUT2D eigenvalue weighted by atomic mass is 35.5. The maximum Gasteiger partial charge on any atom is 0.410 e. The van der Waals surface area contributed by atoms with E-state index in [0.29, 0.717) is 46.6 Å². The first-order valence-corrected chi connectivity index (χ1v) is 11.8. The lowest BCUT2D eigenvalue weighted by atomic mass is 9.97. The molecular weight excluding hydrogens is 491 g/mol. The van der Waals surface area contributed by atoms with Crippen molar-refractivity contribution < 1.29 is 19.1 Å². The maximum atomic E-state index is 12.8. The molecule has 184 valence electrons. The molecule has 2 aromatic carbocycles. The van der Waals surface area contributed by atoms with Crippen LogP contribution in [0, 0.1) is 0 Å². The first kappa shape index (κ1) is 24.9. The molecule has 0 saturated heterocycles. The Morgan fingerprint density at radius 3 is 2.69 bits per heavy atom. The first-order chi connectivity index (χ1) is 16.6. The van der Waals surface area contributed by atoms with Crippen LogP contribution in [0.25, 0.3) is 0 Å². The molecule has 0 saturated carbocycles. The quantitative estimate of drug-likeness (QED) is 0.464. The van der Waals surface area contributed by atoms with Gasteiger partial charge in [-0.2, -0.15) is 5.10 Å². The van der Waals surface area contributed by atoms with Gasteiger partial charge in [0, 0.05) is 29.7 Å². The molecule has 1 aromatic heterocycles. The molecule has 3 aromatic rings. The molecule has 0 spiro atoms. The summed E-state index contributed by atoms with van der Waals surface area (Å²) in [5.74, 6) is 0.195. The first-order valence-electron chi connectivity index (χ1n) is 11.1. The second-order valence-electron chi connectivity index (χ2n) is 9.21. The minimum Gasteiger partial charge on any atom is -0.470 e. The second-order valence-corrected chi connectivity index (χ2v) is 10.0. The number of aromatic nitrogens is 2. The van der Waals surface area contributed by atoms with Crippen LogP contribution in [0.1, 0.15) is 42.3 Å². The van der Waals surface area contributed by atoms with Gasteiger partial charge in [0.25, 0.3) is 5.91 Å². The Labute approximate surface area is 213 Å². The number of fused-ring (bicyclic) bond motifs is 1. The van der Waals surface area contributed by atoms with Crippen LogP contribution in [0.15, 0.2) is 48.8 Å². The van der Waals surface area contributed by atoms with Gasteiger partial charge in [-0.05, 0) is 62.6 Å². The zero-order chi connectivity index (χ0) is 25.2. The number of carbonyl (C=O) groups is 2. The Morgan fingerprint density at radius 1 is 1.11 bits per heavy atom. The fourth-order valence-corrected chi connectivity index (χ4v) is 3.94. The Kier molecular flexibility index (Phi) is 7.23. The van der Waals surface area contributed by atoms with E-state index in [0.717, 1.165) is 11.1 Å². The summed E-state index contributed by atoms with van der Waals surface area (Å²) < 4.78 is 12.7. The molecule has 0 atom stereocenters. The van der Waals surface area contributed by atoms with Crippen LogP contribution < -0.4 is 10.1 Å².